The minimum atomic E-state index is -0.121. The molecular weight excluding hydrogens is 251 g/mol. The lowest BCUT2D eigenvalue weighted by atomic mass is 10.1. The van der Waals surface area contributed by atoms with E-state index in [0.29, 0.717) is 0 Å². The molecule has 1 aromatic carbocycles. The van der Waals surface area contributed by atoms with E-state index in [4.69, 9.17) is 0 Å². The highest BCUT2D eigenvalue weighted by atomic mass is 79.9. The van der Waals surface area contributed by atoms with E-state index in [9.17, 15) is 4.39 Å². The number of benzene rings is 1. The van der Waals surface area contributed by atoms with Gasteiger partial charge in [0, 0.05) is 4.47 Å². The predicted molar refractivity (Wildman–Crippen MR) is 58.9 cm³/mol. The number of thiophene rings is 1. The molecule has 0 amide bonds. The maximum absolute atomic E-state index is 12.9. The highest BCUT2D eigenvalue weighted by molar-refractivity contribution is 9.10. The molecular formula is C10H8BrFS. The molecule has 0 aliphatic heterocycles. The Morgan fingerprint density at radius 2 is 2.15 bits per heavy atom. The molecule has 0 fully saturated rings. The molecule has 2 aromatic rings. The Hall–Kier alpha value is -0.410. The average molecular weight is 259 g/mol. The molecule has 1 aromatic heterocycles. The lowest BCUT2D eigenvalue weighted by Gasteiger charge is -1.98. The van der Waals surface area contributed by atoms with E-state index in [1.165, 1.54) is 16.9 Å². The van der Waals surface area contributed by atoms with Crippen LogP contribution < -0.4 is 0 Å². The first kappa shape index (κ1) is 9.16. The van der Waals surface area contributed by atoms with Crippen molar-refractivity contribution in [2.75, 3.05) is 0 Å². The number of aryl methyl sites for hydroxylation is 1. The van der Waals surface area contributed by atoms with Gasteiger partial charge < -0.3 is 0 Å². The molecule has 2 rings (SSSR count). The smallest absolute Gasteiger partial charge is 0.177 e. The maximum atomic E-state index is 12.9. The molecule has 0 atom stereocenters. The van der Waals surface area contributed by atoms with Crippen molar-refractivity contribution in [2.45, 2.75) is 13.3 Å². The van der Waals surface area contributed by atoms with Crippen LogP contribution in [0.25, 0.3) is 10.1 Å². The molecule has 0 N–H and O–H groups in total. The van der Waals surface area contributed by atoms with Crippen molar-refractivity contribution in [3.8, 4) is 0 Å². The van der Waals surface area contributed by atoms with E-state index in [1.807, 2.05) is 6.07 Å². The van der Waals surface area contributed by atoms with Crippen LogP contribution in [0.3, 0.4) is 0 Å². The summed E-state index contributed by atoms with van der Waals surface area (Å²) in [6.07, 6.45) is 0.978. The summed E-state index contributed by atoms with van der Waals surface area (Å²) in [7, 11) is 0. The Morgan fingerprint density at radius 3 is 2.85 bits per heavy atom. The Labute approximate surface area is 88.5 Å². The van der Waals surface area contributed by atoms with Gasteiger partial charge in [-0.05, 0) is 45.4 Å². The van der Waals surface area contributed by atoms with E-state index in [2.05, 4.69) is 28.9 Å². The number of rotatable bonds is 1. The SMILES string of the molecule is CCc1cc(Br)c2sc(F)cc2c1. The van der Waals surface area contributed by atoms with Crippen molar-refractivity contribution < 1.29 is 4.39 Å². The highest BCUT2D eigenvalue weighted by Gasteiger charge is 2.05. The second kappa shape index (κ2) is 3.39. The second-order valence-electron chi connectivity index (χ2n) is 2.90. The predicted octanol–water partition coefficient (Wildman–Crippen LogP) is 4.37. The zero-order valence-corrected chi connectivity index (χ0v) is 9.51. The van der Waals surface area contributed by atoms with E-state index in [1.54, 1.807) is 6.07 Å². The molecule has 0 radical (unpaired) electrons. The summed E-state index contributed by atoms with van der Waals surface area (Å²) >= 11 is 4.63. The fraction of sp³-hybridized carbons (Fsp3) is 0.200. The number of fused-ring (bicyclic) bond motifs is 1. The number of halogens is 2. The molecule has 0 saturated carbocycles. The van der Waals surface area contributed by atoms with Gasteiger partial charge in [0.2, 0.25) is 0 Å². The molecule has 0 bridgehead atoms. The van der Waals surface area contributed by atoms with Crippen LogP contribution in [-0.4, -0.2) is 0 Å². The van der Waals surface area contributed by atoms with Crippen molar-refractivity contribution in [1.82, 2.24) is 0 Å². The van der Waals surface area contributed by atoms with Gasteiger partial charge in [0.25, 0.3) is 0 Å². The first-order valence-electron chi connectivity index (χ1n) is 4.08. The van der Waals surface area contributed by atoms with Crippen LogP contribution in [0.15, 0.2) is 22.7 Å². The van der Waals surface area contributed by atoms with Crippen molar-refractivity contribution in [3.05, 3.63) is 33.4 Å². The number of hydrogen-bond donors (Lipinski definition) is 0. The highest BCUT2D eigenvalue weighted by Crippen LogP contribution is 2.32. The first-order chi connectivity index (χ1) is 6.20. The van der Waals surface area contributed by atoms with Crippen LogP contribution in [0.4, 0.5) is 4.39 Å². The summed E-state index contributed by atoms with van der Waals surface area (Å²) in [4.78, 5) is 0. The largest absolute Gasteiger partial charge is 0.195 e. The van der Waals surface area contributed by atoms with Gasteiger partial charge in [0.1, 0.15) is 0 Å². The molecule has 1 heterocycles. The maximum Gasteiger partial charge on any atom is 0.177 e. The minimum Gasteiger partial charge on any atom is -0.195 e. The lowest BCUT2D eigenvalue weighted by molar-refractivity contribution is 0.658. The molecule has 0 aliphatic rings. The van der Waals surface area contributed by atoms with Gasteiger partial charge in [-0.2, -0.15) is 4.39 Å². The third kappa shape index (κ3) is 1.63. The summed E-state index contributed by atoms with van der Waals surface area (Å²) in [5.74, 6) is 0. The third-order valence-electron chi connectivity index (χ3n) is 2.01. The molecule has 68 valence electrons. The van der Waals surface area contributed by atoms with E-state index >= 15 is 0 Å². The lowest BCUT2D eigenvalue weighted by Crippen LogP contribution is -1.78. The van der Waals surface area contributed by atoms with Crippen molar-refractivity contribution >= 4 is 37.4 Å². The summed E-state index contributed by atoms with van der Waals surface area (Å²) in [6.45, 7) is 2.09. The fourth-order valence-corrected chi connectivity index (χ4v) is 2.88. The Kier molecular flexibility index (Phi) is 2.39. The monoisotopic (exact) mass is 258 g/mol. The molecule has 3 heteroatoms. The van der Waals surface area contributed by atoms with Gasteiger partial charge in [0.15, 0.2) is 5.13 Å². The van der Waals surface area contributed by atoms with Crippen LogP contribution >= 0.6 is 27.3 Å². The molecule has 0 nitrogen and oxygen atoms in total. The first-order valence-corrected chi connectivity index (χ1v) is 5.69. The summed E-state index contributed by atoms with van der Waals surface area (Å²) in [5, 5.41) is 0.873. The molecule has 0 spiro atoms. The summed E-state index contributed by atoms with van der Waals surface area (Å²) in [6, 6.07) is 5.68. The van der Waals surface area contributed by atoms with E-state index in [-0.39, 0.29) is 5.13 Å². The molecule has 0 saturated heterocycles. The quantitative estimate of drug-likeness (QED) is 0.713. The van der Waals surface area contributed by atoms with E-state index in [0.717, 1.165) is 21.0 Å². The van der Waals surface area contributed by atoms with Gasteiger partial charge in [0.05, 0.1) is 4.70 Å². The van der Waals surface area contributed by atoms with Gasteiger partial charge in [-0.25, -0.2) is 0 Å². The van der Waals surface area contributed by atoms with Crippen LogP contribution in [0.2, 0.25) is 0 Å². The van der Waals surface area contributed by atoms with Crippen LogP contribution in [0, 0.1) is 5.13 Å². The topological polar surface area (TPSA) is 0 Å². The van der Waals surface area contributed by atoms with Gasteiger partial charge in [-0.15, -0.1) is 11.3 Å². The van der Waals surface area contributed by atoms with E-state index < -0.39 is 0 Å². The molecule has 0 unspecified atom stereocenters. The van der Waals surface area contributed by atoms with Crippen LogP contribution in [0.1, 0.15) is 12.5 Å². The zero-order valence-electron chi connectivity index (χ0n) is 7.10. The zero-order chi connectivity index (χ0) is 9.42. The average Bonchev–Trinajstić information content (AvgIpc) is 2.46. The molecule has 13 heavy (non-hydrogen) atoms. The van der Waals surface area contributed by atoms with Crippen LogP contribution in [-0.2, 0) is 6.42 Å². The van der Waals surface area contributed by atoms with Crippen molar-refractivity contribution in [1.29, 1.82) is 0 Å². The van der Waals surface area contributed by atoms with Gasteiger partial charge in [-0.1, -0.05) is 13.0 Å². The second-order valence-corrected chi connectivity index (χ2v) is 4.76. The Morgan fingerprint density at radius 1 is 1.38 bits per heavy atom. The number of hydrogen-bond acceptors (Lipinski definition) is 1. The van der Waals surface area contributed by atoms with Crippen LogP contribution in [0.5, 0.6) is 0 Å². The third-order valence-corrected chi connectivity index (χ3v) is 3.87. The normalized spacial score (nSPS) is 11.0. The van der Waals surface area contributed by atoms with Crippen molar-refractivity contribution in [3.63, 3.8) is 0 Å². The molecule has 0 aliphatic carbocycles. The fourth-order valence-electron chi connectivity index (χ4n) is 1.34. The standard InChI is InChI=1S/C10H8BrFS/c1-2-6-3-7-5-9(12)13-10(7)8(11)4-6/h3-5H,2H2,1H3. The summed E-state index contributed by atoms with van der Waals surface area (Å²) in [5.41, 5.74) is 1.23. The van der Waals surface area contributed by atoms with Gasteiger partial charge >= 0.3 is 0 Å². The minimum absolute atomic E-state index is 0.121. The summed E-state index contributed by atoms with van der Waals surface area (Å²) < 4.78 is 14.9. The van der Waals surface area contributed by atoms with Crippen molar-refractivity contribution in [2.24, 2.45) is 0 Å². The Bertz CT molecular complexity index is 447. The van der Waals surface area contributed by atoms with Gasteiger partial charge in [-0.3, -0.25) is 0 Å². The Balaban J connectivity index is 2.75.